The first kappa shape index (κ1) is 19.1. The van der Waals surface area contributed by atoms with E-state index in [9.17, 15) is 9.18 Å². The molecule has 0 fully saturated rings. The van der Waals surface area contributed by atoms with Crippen LogP contribution in [0.1, 0.15) is 10.4 Å². The van der Waals surface area contributed by atoms with E-state index in [1.54, 1.807) is 19.2 Å². The van der Waals surface area contributed by atoms with Gasteiger partial charge in [0.1, 0.15) is 11.6 Å². The van der Waals surface area contributed by atoms with Crippen molar-refractivity contribution in [3.63, 3.8) is 0 Å². The van der Waals surface area contributed by atoms with Crippen LogP contribution in [0.15, 0.2) is 77.3 Å². The van der Waals surface area contributed by atoms with E-state index in [2.05, 4.69) is 26.2 Å². The molecule has 29 heavy (non-hydrogen) atoms. The van der Waals surface area contributed by atoms with E-state index in [0.29, 0.717) is 32.4 Å². The number of pyridine rings is 1. The van der Waals surface area contributed by atoms with Crippen molar-refractivity contribution in [2.45, 2.75) is 0 Å². The Labute approximate surface area is 175 Å². The third-order valence-corrected chi connectivity index (χ3v) is 5.00. The first-order chi connectivity index (χ1) is 14.0. The predicted octanol–water partition coefficient (Wildman–Crippen LogP) is 6.06. The largest absolute Gasteiger partial charge is 0.497 e. The second-order valence-electron chi connectivity index (χ2n) is 6.38. The standard InChI is InChI=1S/C23H16BrFN2O2/c1-29-16-6-4-5-14(11-16)22-13-18(17-7-2-3-8-20(17)26-22)23(28)27-21-10-9-15(24)12-19(21)25/h2-13H,1H3,(H,27,28). The van der Waals surface area contributed by atoms with Crippen LogP contribution in [0, 0.1) is 5.82 Å². The molecule has 0 radical (unpaired) electrons. The fourth-order valence-corrected chi connectivity index (χ4v) is 3.41. The van der Waals surface area contributed by atoms with E-state index < -0.39 is 11.7 Å². The smallest absolute Gasteiger partial charge is 0.256 e. The summed E-state index contributed by atoms with van der Waals surface area (Å²) in [6.45, 7) is 0. The number of halogens is 2. The summed E-state index contributed by atoms with van der Waals surface area (Å²) in [6, 6.07) is 21.0. The molecule has 0 saturated carbocycles. The third-order valence-electron chi connectivity index (χ3n) is 4.51. The Morgan fingerprint density at radius 3 is 2.66 bits per heavy atom. The van der Waals surface area contributed by atoms with Crippen LogP contribution in [0.2, 0.25) is 0 Å². The molecule has 144 valence electrons. The quantitative estimate of drug-likeness (QED) is 0.410. The number of carbonyl (C=O) groups excluding carboxylic acids is 1. The average Bonchev–Trinajstić information content (AvgIpc) is 2.75. The maximum atomic E-state index is 14.2. The molecule has 4 nitrogen and oxygen atoms in total. The van der Waals surface area contributed by atoms with E-state index in [4.69, 9.17) is 4.74 Å². The summed E-state index contributed by atoms with van der Waals surface area (Å²) in [4.78, 5) is 17.7. The van der Waals surface area contributed by atoms with Crippen molar-refractivity contribution in [2.24, 2.45) is 0 Å². The number of para-hydroxylation sites is 1. The molecular weight excluding hydrogens is 435 g/mol. The van der Waals surface area contributed by atoms with Crippen LogP contribution in [-0.4, -0.2) is 18.0 Å². The molecule has 0 spiro atoms. The number of rotatable bonds is 4. The van der Waals surface area contributed by atoms with Gasteiger partial charge in [-0.2, -0.15) is 0 Å². The number of anilines is 1. The Bertz CT molecular complexity index is 1230. The number of fused-ring (bicyclic) bond motifs is 1. The van der Waals surface area contributed by atoms with Crippen molar-refractivity contribution in [3.8, 4) is 17.0 Å². The number of amides is 1. The summed E-state index contributed by atoms with van der Waals surface area (Å²) in [6.07, 6.45) is 0. The second-order valence-corrected chi connectivity index (χ2v) is 7.30. The highest BCUT2D eigenvalue weighted by atomic mass is 79.9. The number of benzene rings is 3. The Kier molecular flexibility index (Phi) is 5.27. The first-order valence-corrected chi connectivity index (χ1v) is 9.65. The van der Waals surface area contributed by atoms with Crippen LogP contribution in [-0.2, 0) is 0 Å². The highest BCUT2D eigenvalue weighted by Gasteiger charge is 2.16. The van der Waals surface area contributed by atoms with E-state index >= 15 is 0 Å². The van der Waals surface area contributed by atoms with Gasteiger partial charge in [-0.25, -0.2) is 9.37 Å². The second kappa shape index (κ2) is 8.01. The van der Waals surface area contributed by atoms with Gasteiger partial charge in [0, 0.05) is 15.4 Å². The number of nitrogens with zero attached hydrogens (tertiary/aromatic N) is 1. The molecule has 0 unspecified atom stereocenters. The van der Waals surface area contributed by atoms with Crippen molar-refractivity contribution >= 4 is 38.4 Å². The number of hydrogen-bond donors (Lipinski definition) is 1. The molecule has 3 aromatic carbocycles. The number of hydrogen-bond acceptors (Lipinski definition) is 3. The van der Waals surface area contributed by atoms with E-state index in [-0.39, 0.29) is 5.69 Å². The van der Waals surface area contributed by atoms with E-state index in [1.807, 2.05) is 48.5 Å². The number of carbonyl (C=O) groups is 1. The molecule has 0 aliphatic heterocycles. The summed E-state index contributed by atoms with van der Waals surface area (Å²) in [5.74, 6) is -0.228. The number of nitrogens with one attached hydrogen (secondary N) is 1. The van der Waals surface area contributed by atoms with Gasteiger partial charge in [-0.1, -0.05) is 46.3 Å². The van der Waals surface area contributed by atoms with E-state index in [0.717, 1.165) is 5.56 Å². The van der Waals surface area contributed by atoms with Gasteiger partial charge in [0.05, 0.1) is 29.6 Å². The zero-order valence-electron chi connectivity index (χ0n) is 15.4. The SMILES string of the molecule is COc1cccc(-c2cc(C(=O)Nc3ccc(Br)cc3F)c3ccccc3n2)c1. The Balaban J connectivity index is 1.81. The first-order valence-electron chi connectivity index (χ1n) is 8.86. The van der Waals surface area contributed by atoms with Crippen molar-refractivity contribution in [3.05, 3.63) is 88.6 Å². The van der Waals surface area contributed by atoms with Crippen LogP contribution in [0.3, 0.4) is 0 Å². The zero-order valence-corrected chi connectivity index (χ0v) is 17.0. The minimum atomic E-state index is -0.515. The molecule has 6 heteroatoms. The molecule has 0 saturated heterocycles. The summed E-state index contributed by atoms with van der Waals surface area (Å²) >= 11 is 3.22. The highest BCUT2D eigenvalue weighted by Crippen LogP contribution is 2.28. The van der Waals surface area contributed by atoms with Crippen molar-refractivity contribution in [1.82, 2.24) is 4.98 Å². The van der Waals surface area contributed by atoms with Crippen molar-refractivity contribution in [1.29, 1.82) is 0 Å². The molecule has 0 atom stereocenters. The normalized spacial score (nSPS) is 10.7. The average molecular weight is 451 g/mol. The zero-order chi connectivity index (χ0) is 20.4. The van der Waals surface area contributed by atoms with Crippen LogP contribution in [0.5, 0.6) is 5.75 Å². The van der Waals surface area contributed by atoms with Crippen LogP contribution in [0.4, 0.5) is 10.1 Å². The molecular formula is C23H16BrFN2O2. The van der Waals surface area contributed by atoms with Gasteiger partial charge < -0.3 is 10.1 Å². The Morgan fingerprint density at radius 2 is 1.86 bits per heavy atom. The lowest BCUT2D eigenvalue weighted by Gasteiger charge is -2.12. The third kappa shape index (κ3) is 3.98. The molecule has 0 aliphatic rings. The van der Waals surface area contributed by atoms with Crippen molar-refractivity contribution < 1.29 is 13.9 Å². The molecule has 4 rings (SSSR count). The number of methoxy groups -OCH3 is 1. The van der Waals surface area contributed by atoms with Gasteiger partial charge in [-0.15, -0.1) is 0 Å². The van der Waals surface area contributed by atoms with E-state index in [1.165, 1.54) is 12.1 Å². The van der Waals surface area contributed by atoms with Gasteiger partial charge in [0.2, 0.25) is 0 Å². The molecule has 0 bridgehead atoms. The lowest BCUT2D eigenvalue weighted by Crippen LogP contribution is -2.14. The Morgan fingerprint density at radius 1 is 1.03 bits per heavy atom. The van der Waals surface area contributed by atoms with Gasteiger partial charge in [0.15, 0.2) is 0 Å². The van der Waals surface area contributed by atoms with Crippen LogP contribution in [0.25, 0.3) is 22.2 Å². The summed E-state index contributed by atoms with van der Waals surface area (Å²) in [7, 11) is 1.60. The number of aromatic nitrogens is 1. The molecule has 1 aromatic heterocycles. The Hall–Kier alpha value is -3.25. The highest BCUT2D eigenvalue weighted by molar-refractivity contribution is 9.10. The van der Waals surface area contributed by atoms with Crippen LogP contribution < -0.4 is 10.1 Å². The molecule has 1 heterocycles. The van der Waals surface area contributed by atoms with Gasteiger partial charge in [-0.05, 0) is 42.5 Å². The van der Waals surface area contributed by atoms with Gasteiger partial charge in [0.25, 0.3) is 5.91 Å². The molecule has 4 aromatic rings. The topological polar surface area (TPSA) is 51.2 Å². The molecule has 1 amide bonds. The summed E-state index contributed by atoms with van der Waals surface area (Å²) in [5.41, 5.74) is 2.65. The van der Waals surface area contributed by atoms with Gasteiger partial charge in [-0.3, -0.25) is 4.79 Å². The lowest BCUT2D eigenvalue weighted by atomic mass is 10.0. The maximum absolute atomic E-state index is 14.2. The predicted molar refractivity (Wildman–Crippen MR) is 116 cm³/mol. The summed E-state index contributed by atoms with van der Waals surface area (Å²) in [5, 5.41) is 3.35. The fourth-order valence-electron chi connectivity index (χ4n) is 3.07. The van der Waals surface area contributed by atoms with Crippen LogP contribution >= 0.6 is 15.9 Å². The lowest BCUT2D eigenvalue weighted by molar-refractivity contribution is 0.102. The minimum Gasteiger partial charge on any atom is -0.497 e. The maximum Gasteiger partial charge on any atom is 0.256 e. The fraction of sp³-hybridized carbons (Fsp3) is 0.0435. The van der Waals surface area contributed by atoms with Gasteiger partial charge >= 0.3 is 0 Å². The monoisotopic (exact) mass is 450 g/mol. The minimum absolute atomic E-state index is 0.113. The summed E-state index contributed by atoms with van der Waals surface area (Å²) < 4.78 is 20.1. The van der Waals surface area contributed by atoms with Crippen molar-refractivity contribution in [2.75, 3.05) is 12.4 Å². The molecule has 1 N–H and O–H groups in total. The molecule has 0 aliphatic carbocycles. The number of ether oxygens (including phenoxy) is 1.